The molecule has 1 N–H and O–H groups in total. The summed E-state index contributed by atoms with van der Waals surface area (Å²) in [5, 5.41) is 3.59. The number of aromatic nitrogens is 1. The molecule has 0 bridgehead atoms. The van der Waals surface area contributed by atoms with Crippen LogP contribution in [-0.4, -0.2) is 36.3 Å². The Labute approximate surface area is 175 Å². The number of halogens is 1. The molecule has 30 heavy (non-hydrogen) atoms. The Balaban J connectivity index is 1.45. The van der Waals surface area contributed by atoms with Crippen LogP contribution in [0.2, 0.25) is 0 Å². The smallest absolute Gasteiger partial charge is 0.243 e. The quantitative estimate of drug-likeness (QED) is 0.654. The lowest BCUT2D eigenvalue weighted by molar-refractivity contribution is -0.121. The number of piperidine rings is 1. The van der Waals surface area contributed by atoms with Crippen LogP contribution in [0.3, 0.4) is 0 Å². The van der Waals surface area contributed by atoms with Gasteiger partial charge in [0.15, 0.2) is 0 Å². The standard InChI is InChI=1S/C22H24FN3O3S/c23-19-6-4-17(5-7-19)15-24-22(27)16-25-13-10-18-14-20(8-9-21(18)25)30(28,29)26-11-2-1-3-12-26/h4-10,13-14H,1-3,11-12,15-16H2,(H,24,27). The number of hydrogen-bond acceptors (Lipinski definition) is 3. The molecule has 2 heterocycles. The van der Waals surface area contributed by atoms with Gasteiger partial charge in [0.1, 0.15) is 12.4 Å². The number of nitrogens with zero attached hydrogens (tertiary/aromatic N) is 2. The van der Waals surface area contributed by atoms with Crippen molar-refractivity contribution in [2.24, 2.45) is 0 Å². The maximum Gasteiger partial charge on any atom is 0.243 e. The van der Waals surface area contributed by atoms with E-state index in [4.69, 9.17) is 0 Å². The Kier molecular flexibility index (Phi) is 5.87. The first-order chi connectivity index (χ1) is 14.4. The van der Waals surface area contributed by atoms with Gasteiger partial charge in [0.2, 0.25) is 15.9 Å². The zero-order valence-electron chi connectivity index (χ0n) is 16.6. The largest absolute Gasteiger partial charge is 0.350 e. The van der Waals surface area contributed by atoms with Gasteiger partial charge < -0.3 is 9.88 Å². The maximum absolute atomic E-state index is 13.0. The highest BCUT2D eigenvalue weighted by atomic mass is 32.2. The van der Waals surface area contributed by atoms with E-state index in [0.717, 1.165) is 35.7 Å². The van der Waals surface area contributed by atoms with Crippen molar-refractivity contribution in [2.75, 3.05) is 13.1 Å². The van der Waals surface area contributed by atoms with Gasteiger partial charge in [-0.25, -0.2) is 12.8 Å². The second kappa shape index (κ2) is 8.57. The molecule has 1 saturated heterocycles. The van der Waals surface area contributed by atoms with Gasteiger partial charge in [-0.3, -0.25) is 4.79 Å². The zero-order valence-corrected chi connectivity index (χ0v) is 17.4. The maximum atomic E-state index is 13.0. The molecule has 0 spiro atoms. The van der Waals surface area contributed by atoms with E-state index in [0.29, 0.717) is 19.6 Å². The molecule has 0 unspecified atom stereocenters. The van der Waals surface area contributed by atoms with E-state index in [1.54, 1.807) is 45.4 Å². The molecule has 6 nitrogen and oxygen atoms in total. The highest BCUT2D eigenvalue weighted by Gasteiger charge is 2.26. The summed E-state index contributed by atoms with van der Waals surface area (Å²) in [4.78, 5) is 12.6. The van der Waals surface area contributed by atoms with E-state index in [1.807, 2.05) is 6.07 Å². The summed E-state index contributed by atoms with van der Waals surface area (Å²) in [5.74, 6) is -0.493. The minimum absolute atomic E-state index is 0.114. The van der Waals surface area contributed by atoms with Crippen LogP contribution in [0.25, 0.3) is 10.9 Å². The van der Waals surface area contributed by atoms with Gasteiger partial charge >= 0.3 is 0 Å². The van der Waals surface area contributed by atoms with Crippen molar-refractivity contribution in [1.29, 1.82) is 0 Å². The molecular weight excluding hydrogens is 405 g/mol. The van der Waals surface area contributed by atoms with Gasteiger partial charge in [-0.2, -0.15) is 4.31 Å². The molecule has 3 aromatic rings. The summed E-state index contributed by atoms with van der Waals surface area (Å²) in [7, 11) is -3.49. The topological polar surface area (TPSA) is 71.4 Å². The van der Waals surface area contributed by atoms with Crippen LogP contribution in [0.5, 0.6) is 0 Å². The second-order valence-corrected chi connectivity index (χ2v) is 9.47. The van der Waals surface area contributed by atoms with Crippen molar-refractivity contribution in [2.45, 2.75) is 37.2 Å². The van der Waals surface area contributed by atoms with E-state index in [1.165, 1.54) is 12.1 Å². The number of amides is 1. The summed E-state index contributed by atoms with van der Waals surface area (Å²) in [5.41, 5.74) is 1.61. The number of sulfonamides is 1. The van der Waals surface area contributed by atoms with E-state index < -0.39 is 10.0 Å². The lowest BCUT2D eigenvalue weighted by Gasteiger charge is -2.25. The fourth-order valence-corrected chi connectivity index (χ4v) is 5.30. The third kappa shape index (κ3) is 4.39. The van der Waals surface area contributed by atoms with Crippen molar-refractivity contribution in [3.05, 3.63) is 66.1 Å². The van der Waals surface area contributed by atoms with Crippen molar-refractivity contribution < 1.29 is 17.6 Å². The molecule has 1 aliphatic rings. The lowest BCUT2D eigenvalue weighted by atomic mass is 10.2. The zero-order chi connectivity index (χ0) is 21.1. The molecule has 1 fully saturated rings. The molecule has 8 heteroatoms. The average Bonchev–Trinajstić information content (AvgIpc) is 3.16. The molecule has 1 amide bonds. The summed E-state index contributed by atoms with van der Waals surface area (Å²) < 4.78 is 42.1. The molecule has 0 saturated carbocycles. The van der Waals surface area contributed by atoms with Crippen molar-refractivity contribution in [3.63, 3.8) is 0 Å². The predicted molar refractivity (Wildman–Crippen MR) is 113 cm³/mol. The highest BCUT2D eigenvalue weighted by Crippen LogP contribution is 2.25. The summed E-state index contributed by atoms with van der Waals surface area (Å²) in [6.07, 6.45) is 4.63. The predicted octanol–water partition coefficient (Wildman–Crippen LogP) is 3.27. The third-order valence-corrected chi connectivity index (χ3v) is 7.31. The Morgan fingerprint density at radius 1 is 1.00 bits per heavy atom. The number of carbonyl (C=O) groups excluding carboxylic acids is 1. The van der Waals surface area contributed by atoms with E-state index in [2.05, 4.69) is 5.32 Å². The van der Waals surface area contributed by atoms with E-state index >= 15 is 0 Å². The summed E-state index contributed by atoms with van der Waals surface area (Å²) >= 11 is 0. The Bertz CT molecular complexity index is 1150. The Morgan fingerprint density at radius 2 is 1.73 bits per heavy atom. The minimum Gasteiger partial charge on any atom is -0.350 e. The molecular formula is C22H24FN3O3S. The normalized spacial score (nSPS) is 15.4. The first kappa shape index (κ1) is 20.6. The molecule has 1 aliphatic heterocycles. The molecule has 158 valence electrons. The third-order valence-electron chi connectivity index (χ3n) is 5.41. The van der Waals surface area contributed by atoms with Gasteiger partial charge in [-0.05, 0) is 54.8 Å². The minimum atomic E-state index is -3.49. The summed E-state index contributed by atoms with van der Waals surface area (Å²) in [6, 6.07) is 12.8. The lowest BCUT2D eigenvalue weighted by Crippen LogP contribution is -2.35. The Hall–Kier alpha value is -2.71. The van der Waals surface area contributed by atoms with Crippen LogP contribution in [0.4, 0.5) is 4.39 Å². The monoisotopic (exact) mass is 429 g/mol. The molecule has 0 aliphatic carbocycles. The van der Waals surface area contributed by atoms with E-state index in [-0.39, 0.29) is 23.2 Å². The molecule has 2 aromatic carbocycles. The number of rotatable bonds is 6. The van der Waals surface area contributed by atoms with Crippen molar-refractivity contribution in [1.82, 2.24) is 14.2 Å². The van der Waals surface area contributed by atoms with Gasteiger partial charge in [0.05, 0.1) is 4.90 Å². The van der Waals surface area contributed by atoms with Crippen molar-refractivity contribution in [3.8, 4) is 0 Å². The number of benzene rings is 2. The van der Waals surface area contributed by atoms with Crippen LogP contribution in [0, 0.1) is 5.82 Å². The van der Waals surface area contributed by atoms with Crippen LogP contribution < -0.4 is 5.32 Å². The molecule has 1 aromatic heterocycles. The van der Waals surface area contributed by atoms with Gasteiger partial charge in [-0.15, -0.1) is 0 Å². The second-order valence-electron chi connectivity index (χ2n) is 7.53. The highest BCUT2D eigenvalue weighted by molar-refractivity contribution is 7.89. The number of fused-ring (bicyclic) bond motifs is 1. The molecule has 0 radical (unpaired) electrons. The SMILES string of the molecule is O=C(Cn1ccc2cc(S(=O)(=O)N3CCCCC3)ccc21)NCc1ccc(F)cc1. The Morgan fingerprint density at radius 3 is 2.47 bits per heavy atom. The summed E-state index contributed by atoms with van der Waals surface area (Å²) in [6.45, 7) is 1.56. The average molecular weight is 430 g/mol. The molecule has 0 atom stereocenters. The van der Waals surface area contributed by atoms with Gasteiger partial charge in [-0.1, -0.05) is 18.6 Å². The fourth-order valence-electron chi connectivity index (χ4n) is 3.74. The van der Waals surface area contributed by atoms with Crippen LogP contribution >= 0.6 is 0 Å². The van der Waals surface area contributed by atoms with Gasteiger partial charge in [0.25, 0.3) is 0 Å². The first-order valence-corrected chi connectivity index (χ1v) is 11.5. The fraction of sp³-hybridized carbons (Fsp3) is 0.318. The number of carbonyl (C=O) groups is 1. The van der Waals surface area contributed by atoms with Crippen LogP contribution in [0.1, 0.15) is 24.8 Å². The van der Waals surface area contributed by atoms with Crippen molar-refractivity contribution >= 4 is 26.8 Å². The van der Waals surface area contributed by atoms with Gasteiger partial charge in [0, 0.05) is 36.7 Å². The van der Waals surface area contributed by atoms with Crippen LogP contribution in [0.15, 0.2) is 59.6 Å². The van der Waals surface area contributed by atoms with E-state index in [9.17, 15) is 17.6 Å². The first-order valence-electron chi connectivity index (χ1n) is 10.0. The number of hydrogen-bond donors (Lipinski definition) is 1. The molecule has 4 rings (SSSR count). The van der Waals surface area contributed by atoms with Crippen LogP contribution in [-0.2, 0) is 27.9 Å². The number of nitrogens with one attached hydrogen (secondary N) is 1.